The summed E-state index contributed by atoms with van der Waals surface area (Å²) in [6.45, 7) is -0.153. The molecule has 1 aromatic carbocycles. The molecule has 0 bridgehead atoms. The van der Waals surface area contributed by atoms with E-state index in [1.165, 1.54) is 18.2 Å². The lowest BCUT2D eigenvalue weighted by molar-refractivity contribution is -0.384. The van der Waals surface area contributed by atoms with Crippen LogP contribution in [0.15, 0.2) is 18.2 Å². The maximum Gasteiger partial charge on any atom is 0.288 e. The van der Waals surface area contributed by atoms with Crippen molar-refractivity contribution in [3.8, 4) is 5.75 Å². The predicted octanol–water partition coefficient (Wildman–Crippen LogP) is 2.20. The number of nitro benzene ring substituents is 1. The molecule has 17 heavy (non-hydrogen) atoms. The number of benzene rings is 1. The van der Waals surface area contributed by atoms with E-state index in [-0.39, 0.29) is 28.8 Å². The summed E-state index contributed by atoms with van der Waals surface area (Å²) in [7, 11) is 1.35. The van der Waals surface area contributed by atoms with Crippen LogP contribution in [0.3, 0.4) is 0 Å². The van der Waals surface area contributed by atoms with Crippen LogP contribution in [0.4, 0.5) is 5.69 Å². The molecule has 0 aliphatic rings. The Hall–Kier alpha value is -1.05. The second-order valence-corrected chi connectivity index (χ2v) is 6.27. The number of hydrogen-bond donors (Lipinski definition) is 0. The van der Waals surface area contributed by atoms with Crippen LogP contribution in [0.1, 0.15) is 0 Å². The van der Waals surface area contributed by atoms with Crippen molar-refractivity contribution in [2.45, 2.75) is 0 Å². The van der Waals surface area contributed by atoms with Crippen molar-refractivity contribution in [1.82, 2.24) is 0 Å². The second-order valence-electron chi connectivity index (χ2n) is 2.96. The average Bonchev–Trinajstić information content (AvgIpc) is 2.15. The van der Waals surface area contributed by atoms with Gasteiger partial charge in [0.25, 0.3) is 5.69 Å². The van der Waals surface area contributed by atoms with E-state index in [1.54, 1.807) is 0 Å². The molecule has 1 aromatic rings. The standard InChI is InChI=1S/C8H7Cl2NO5S/c9-7-5-6(1-2-8(7)11(12)13)16-3-4-17(10,14)15/h1-2,5H,3-4H2. The lowest BCUT2D eigenvalue weighted by Crippen LogP contribution is -2.08. The molecule has 0 aliphatic heterocycles. The Morgan fingerprint density at radius 2 is 2.06 bits per heavy atom. The third kappa shape index (κ3) is 4.76. The molecule has 94 valence electrons. The molecule has 9 heteroatoms. The molecule has 1 rings (SSSR count). The van der Waals surface area contributed by atoms with Crippen LogP contribution in [0, 0.1) is 10.1 Å². The Labute approximate surface area is 107 Å². The fourth-order valence-electron chi connectivity index (χ4n) is 0.985. The lowest BCUT2D eigenvalue weighted by atomic mass is 10.3. The Morgan fingerprint density at radius 1 is 1.41 bits per heavy atom. The van der Waals surface area contributed by atoms with Gasteiger partial charge in [0.2, 0.25) is 9.05 Å². The van der Waals surface area contributed by atoms with Gasteiger partial charge >= 0.3 is 0 Å². The van der Waals surface area contributed by atoms with E-state index >= 15 is 0 Å². The average molecular weight is 300 g/mol. The molecule has 0 aliphatic carbocycles. The maximum atomic E-state index is 10.6. The minimum Gasteiger partial charge on any atom is -0.492 e. The molecule has 6 nitrogen and oxygen atoms in total. The minimum absolute atomic E-state index is 0.0822. The van der Waals surface area contributed by atoms with Gasteiger partial charge in [0.15, 0.2) is 0 Å². The molecule has 0 spiro atoms. The third-order valence-corrected chi connectivity index (χ3v) is 3.13. The van der Waals surface area contributed by atoms with Crippen molar-refractivity contribution in [3.63, 3.8) is 0 Å². The molecule has 0 unspecified atom stereocenters. The van der Waals surface area contributed by atoms with Crippen molar-refractivity contribution in [3.05, 3.63) is 33.3 Å². The van der Waals surface area contributed by atoms with E-state index in [2.05, 4.69) is 0 Å². The largest absolute Gasteiger partial charge is 0.492 e. The summed E-state index contributed by atoms with van der Waals surface area (Å²) in [5, 5.41) is 10.4. The zero-order valence-electron chi connectivity index (χ0n) is 8.30. The monoisotopic (exact) mass is 299 g/mol. The number of rotatable bonds is 5. The first-order valence-electron chi connectivity index (χ1n) is 4.28. The molecule has 0 fully saturated rings. The highest BCUT2D eigenvalue weighted by atomic mass is 35.7. The van der Waals surface area contributed by atoms with Crippen LogP contribution in [0.2, 0.25) is 5.02 Å². The molecule has 0 heterocycles. The fraction of sp³-hybridized carbons (Fsp3) is 0.250. The van der Waals surface area contributed by atoms with Crippen LogP contribution in [0.5, 0.6) is 5.75 Å². The highest BCUT2D eigenvalue weighted by Crippen LogP contribution is 2.28. The van der Waals surface area contributed by atoms with Crippen molar-refractivity contribution in [2.24, 2.45) is 0 Å². The Morgan fingerprint density at radius 3 is 2.53 bits per heavy atom. The smallest absolute Gasteiger partial charge is 0.288 e. The number of nitro groups is 1. The van der Waals surface area contributed by atoms with Gasteiger partial charge in [0.05, 0.1) is 10.7 Å². The Kier molecular flexibility index (Phi) is 4.55. The molecule has 0 radical (unpaired) electrons. The number of halogens is 2. The Bertz CT molecular complexity index is 531. The highest BCUT2D eigenvalue weighted by Gasteiger charge is 2.13. The number of hydrogen-bond acceptors (Lipinski definition) is 5. The summed E-state index contributed by atoms with van der Waals surface area (Å²) in [6.07, 6.45) is 0. The second kappa shape index (κ2) is 5.52. The van der Waals surface area contributed by atoms with Gasteiger partial charge in [-0.1, -0.05) is 11.6 Å². The molecule has 0 saturated carbocycles. The van der Waals surface area contributed by atoms with Gasteiger partial charge in [-0.2, -0.15) is 0 Å². The van der Waals surface area contributed by atoms with E-state index in [9.17, 15) is 18.5 Å². The highest BCUT2D eigenvalue weighted by molar-refractivity contribution is 8.13. The summed E-state index contributed by atoms with van der Waals surface area (Å²) in [4.78, 5) is 9.83. The van der Waals surface area contributed by atoms with Gasteiger partial charge in [-0.15, -0.1) is 0 Å². The van der Waals surface area contributed by atoms with Crippen LogP contribution in [-0.2, 0) is 9.05 Å². The molecule has 0 atom stereocenters. The molecule has 0 N–H and O–H groups in total. The number of ether oxygens (including phenoxy) is 1. The van der Waals surface area contributed by atoms with E-state index in [4.69, 9.17) is 27.0 Å². The van der Waals surface area contributed by atoms with Crippen molar-refractivity contribution in [2.75, 3.05) is 12.4 Å². The summed E-state index contributed by atoms with van der Waals surface area (Å²) in [6, 6.07) is 3.73. The van der Waals surface area contributed by atoms with E-state index in [0.29, 0.717) is 0 Å². The first-order chi connectivity index (χ1) is 7.79. The fourth-order valence-corrected chi connectivity index (χ4v) is 1.70. The molecule has 0 aromatic heterocycles. The normalized spacial score (nSPS) is 11.2. The van der Waals surface area contributed by atoms with E-state index in [0.717, 1.165) is 0 Å². The SMILES string of the molecule is O=[N+]([O-])c1ccc(OCCS(=O)(=O)Cl)cc1Cl. The van der Waals surface area contributed by atoms with E-state index < -0.39 is 14.0 Å². The zero-order chi connectivity index (χ0) is 13.1. The topological polar surface area (TPSA) is 86.5 Å². The summed E-state index contributed by atoms with van der Waals surface area (Å²) in [5.41, 5.74) is -0.246. The van der Waals surface area contributed by atoms with Gasteiger partial charge in [0, 0.05) is 22.8 Å². The lowest BCUT2D eigenvalue weighted by Gasteiger charge is -2.04. The maximum absolute atomic E-state index is 10.6. The van der Waals surface area contributed by atoms with Gasteiger partial charge in [-0.3, -0.25) is 10.1 Å². The van der Waals surface area contributed by atoms with Gasteiger partial charge in [0.1, 0.15) is 17.4 Å². The minimum atomic E-state index is -3.62. The van der Waals surface area contributed by atoms with Gasteiger partial charge in [-0.05, 0) is 6.07 Å². The summed E-state index contributed by atoms with van der Waals surface area (Å²) >= 11 is 5.63. The summed E-state index contributed by atoms with van der Waals surface area (Å²) < 4.78 is 26.2. The van der Waals surface area contributed by atoms with Gasteiger partial charge in [-0.25, -0.2) is 8.42 Å². The van der Waals surface area contributed by atoms with Crippen LogP contribution in [-0.4, -0.2) is 25.7 Å². The predicted molar refractivity (Wildman–Crippen MR) is 63.2 cm³/mol. The Balaban J connectivity index is 2.68. The van der Waals surface area contributed by atoms with Gasteiger partial charge < -0.3 is 4.74 Å². The van der Waals surface area contributed by atoms with E-state index in [1.807, 2.05) is 0 Å². The quantitative estimate of drug-likeness (QED) is 0.472. The van der Waals surface area contributed by atoms with Crippen molar-refractivity contribution in [1.29, 1.82) is 0 Å². The van der Waals surface area contributed by atoms with Crippen LogP contribution >= 0.6 is 22.3 Å². The first kappa shape index (κ1) is 14.0. The number of nitrogens with zero attached hydrogens (tertiary/aromatic N) is 1. The molecule has 0 amide bonds. The third-order valence-electron chi connectivity index (χ3n) is 1.71. The van der Waals surface area contributed by atoms with Crippen molar-refractivity contribution >= 4 is 37.0 Å². The zero-order valence-corrected chi connectivity index (χ0v) is 10.6. The summed E-state index contributed by atoms with van der Waals surface area (Å²) in [5.74, 6) is -0.121. The molecule has 0 saturated heterocycles. The van der Waals surface area contributed by atoms with Crippen molar-refractivity contribution < 1.29 is 18.1 Å². The first-order valence-corrected chi connectivity index (χ1v) is 7.14. The van der Waals surface area contributed by atoms with Crippen LogP contribution in [0.25, 0.3) is 0 Å². The molecular weight excluding hydrogens is 293 g/mol. The van der Waals surface area contributed by atoms with Crippen LogP contribution < -0.4 is 4.74 Å². The molecular formula is C8H7Cl2NO5S.